The molecule has 1 aromatic rings. The summed E-state index contributed by atoms with van der Waals surface area (Å²) in [7, 11) is 1.62. The number of methoxy groups -OCH3 is 1. The SMILES string of the molecule is COCC1(C(=O)NCC(=O)N2CCCc3ccccc32)CCNCC1.Cl. The van der Waals surface area contributed by atoms with Crippen LogP contribution in [0.1, 0.15) is 24.8 Å². The molecule has 3 rings (SSSR count). The monoisotopic (exact) mass is 381 g/mol. The van der Waals surface area contributed by atoms with Crippen LogP contribution in [-0.4, -0.2) is 51.7 Å². The zero-order valence-corrected chi connectivity index (χ0v) is 16.1. The minimum atomic E-state index is -0.528. The maximum Gasteiger partial charge on any atom is 0.246 e. The second-order valence-electron chi connectivity index (χ2n) is 6.92. The number of amides is 2. The van der Waals surface area contributed by atoms with E-state index in [0.717, 1.165) is 44.5 Å². The van der Waals surface area contributed by atoms with Gasteiger partial charge in [-0.25, -0.2) is 0 Å². The number of fused-ring (bicyclic) bond motifs is 1. The van der Waals surface area contributed by atoms with Crippen molar-refractivity contribution in [2.24, 2.45) is 5.41 Å². The Morgan fingerprint density at radius 2 is 2.00 bits per heavy atom. The lowest BCUT2D eigenvalue weighted by Crippen LogP contribution is -2.52. The molecule has 0 radical (unpaired) electrons. The number of anilines is 1. The summed E-state index contributed by atoms with van der Waals surface area (Å²) in [4.78, 5) is 27.2. The van der Waals surface area contributed by atoms with E-state index in [1.54, 1.807) is 12.0 Å². The van der Waals surface area contributed by atoms with Crippen LogP contribution >= 0.6 is 12.4 Å². The Labute approximate surface area is 161 Å². The van der Waals surface area contributed by atoms with E-state index in [-0.39, 0.29) is 30.8 Å². The lowest BCUT2D eigenvalue weighted by atomic mass is 9.78. The largest absolute Gasteiger partial charge is 0.384 e. The number of aryl methyl sites for hydroxylation is 1. The highest BCUT2D eigenvalue weighted by molar-refractivity contribution is 5.98. The summed E-state index contributed by atoms with van der Waals surface area (Å²) in [5.41, 5.74) is 1.64. The van der Waals surface area contributed by atoms with E-state index in [9.17, 15) is 9.59 Å². The van der Waals surface area contributed by atoms with Crippen LogP contribution in [0.3, 0.4) is 0 Å². The lowest BCUT2D eigenvalue weighted by Gasteiger charge is -2.36. The zero-order valence-electron chi connectivity index (χ0n) is 15.3. The smallest absolute Gasteiger partial charge is 0.246 e. The molecule has 7 heteroatoms. The highest BCUT2D eigenvalue weighted by atomic mass is 35.5. The number of rotatable bonds is 5. The molecule has 2 aliphatic rings. The molecule has 0 aromatic heterocycles. The summed E-state index contributed by atoms with van der Waals surface area (Å²) in [5, 5.41) is 6.14. The first-order valence-electron chi connectivity index (χ1n) is 9.02. The van der Waals surface area contributed by atoms with E-state index in [0.29, 0.717) is 13.2 Å². The topological polar surface area (TPSA) is 70.7 Å². The van der Waals surface area contributed by atoms with Crippen LogP contribution < -0.4 is 15.5 Å². The van der Waals surface area contributed by atoms with Gasteiger partial charge in [0.25, 0.3) is 0 Å². The van der Waals surface area contributed by atoms with Gasteiger partial charge in [-0.3, -0.25) is 9.59 Å². The van der Waals surface area contributed by atoms with Crippen molar-refractivity contribution in [3.63, 3.8) is 0 Å². The third-order valence-electron chi connectivity index (χ3n) is 5.27. The van der Waals surface area contributed by atoms with Gasteiger partial charge < -0.3 is 20.3 Å². The molecule has 2 heterocycles. The standard InChI is InChI=1S/C19H27N3O3.ClH/c1-25-14-19(8-10-20-11-9-19)18(24)21-13-17(23)22-12-4-6-15-5-2-3-7-16(15)22;/h2-3,5,7,20H,4,6,8-14H2,1H3,(H,21,24);1H. The van der Waals surface area contributed by atoms with Crippen molar-refractivity contribution >= 4 is 29.9 Å². The third kappa shape index (κ3) is 4.37. The molecule has 1 aromatic carbocycles. The Bertz CT molecular complexity index is 627. The minimum absolute atomic E-state index is 0. The first-order valence-corrected chi connectivity index (χ1v) is 9.02. The van der Waals surface area contributed by atoms with Crippen molar-refractivity contribution in [3.05, 3.63) is 29.8 Å². The van der Waals surface area contributed by atoms with Crippen LogP contribution in [0.25, 0.3) is 0 Å². The fourth-order valence-corrected chi connectivity index (χ4v) is 3.85. The summed E-state index contributed by atoms with van der Waals surface area (Å²) in [6, 6.07) is 8.00. The molecule has 0 saturated carbocycles. The molecule has 26 heavy (non-hydrogen) atoms. The summed E-state index contributed by atoms with van der Waals surface area (Å²) in [6.45, 7) is 2.72. The molecule has 0 bridgehead atoms. The molecule has 2 aliphatic heterocycles. The van der Waals surface area contributed by atoms with E-state index in [2.05, 4.69) is 16.7 Å². The molecule has 1 fully saturated rings. The number of benzene rings is 1. The number of para-hydroxylation sites is 1. The van der Waals surface area contributed by atoms with Crippen LogP contribution in [0.15, 0.2) is 24.3 Å². The van der Waals surface area contributed by atoms with E-state index in [1.807, 2.05) is 18.2 Å². The van der Waals surface area contributed by atoms with Gasteiger partial charge in [-0.15, -0.1) is 12.4 Å². The molecular weight excluding hydrogens is 354 g/mol. The number of hydrogen-bond donors (Lipinski definition) is 2. The van der Waals surface area contributed by atoms with Gasteiger partial charge in [0.1, 0.15) is 0 Å². The predicted octanol–water partition coefficient (Wildman–Crippen LogP) is 1.52. The molecule has 0 spiro atoms. The maximum atomic E-state index is 12.8. The van der Waals surface area contributed by atoms with Crippen LogP contribution in [0.4, 0.5) is 5.69 Å². The van der Waals surface area contributed by atoms with Crippen molar-refractivity contribution in [3.8, 4) is 0 Å². The van der Waals surface area contributed by atoms with Crippen molar-refractivity contribution in [1.29, 1.82) is 0 Å². The number of nitrogens with one attached hydrogen (secondary N) is 2. The molecule has 144 valence electrons. The predicted molar refractivity (Wildman–Crippen MR) is 104 cm³/mol. The number of halogens is 1. The molecule has 6 nitrogen and oxygen atoms in total. The first-order chi connectivity index (χ1) is 12.2. The van der Waals surface area contributed by atoms with Gasteiger partial charge in [-0.1, -0.05) is 18.2 Å². The molecule has 0 unspecified atom stereocenters. The van der Waals surface area contributed by atoms with Crippen LogP contribution in [0, 0.1) is 5.41 Å². The highest BCUT2D eigenvalue weighted by Gasteiger charge is 2.39. The Kier molecular flexibility index (Phi) is 7.43. The van der Waals surface area contributed by atoms with Gasteiger partial charge >= 0.3 is 0 Å². The third-order valence-corrected chi connectivity index (χ3v) is 5.27. The van der Waals surface area contributed by atoms with E-state index >= 15 is 0 Å². The number of carbonyl (C=O) groups excluding carboxylic acids is 2. The molecular formula is C19H28ClN3O3. The number of piperidine rings is 1. The fraction of sp³-hybridized carbons (Fsp3) is 0.579. The van der Waals surface area contributed by atoms with Gasteiger partial charge in [-0.2, -0.15) is 0 Å². The summed E-state index contributed by atoms with van der Waals surface area (Å²) < 4.78 is 5.29. The van der Waals surface area contributed by atoms with E-state index < -0.39 is 5.41 Å². The summed E-state index contributed by atoms with van der Waals surface area (Å²) >= 11 is 0. The Balaban J connectivity index is 0.00000243. The van der Waals surface area contributed by atoms with E-state index in [1.165, 1.54) is 5.56 Å². The van der Waals surface area contributed by atoms with Crippen LogP contribution in [-0.2, 0) is 20.7 Å². The maximum absolute atomic E-state index is 12.8. The number of nitrogens with zero attached hydrogens (tertiary/aromatic N) is 1. The fourth-order valence-electron chi connectivity index (χ4n) is 3.85. The first kappa shape index (κ1) is 20.7. The summed E-state index contributed by atoms with van der Waals surface area (Å²) in [5.74, 6) is -0.128. The lowest BCUT2D eigenvalue weighted by molar-refractivity contribution is -0.137. The molecule has 0 atom stereocenters. The van der Waals surface area contributed by atoms with Crippen LogP contribution in [0.2, 0.25) is 0 Å². The normalized spacial score (nSPS) is 18.4. The van der Waals surface area contributed by atoms with Gasteiger partial charge in [-0.05, 0) is 50.4 Å². The molecule has 2 N–H and O–H groups in total. The Morgan fingerprint density at radius 3 is 2.73 bits per heavy atom. The van der Waals surface area contributed by atoms with Gasteiger partial charge in [0.2, 0.25) is 11.8 Å². The quantitative estimate of drug-likeness (QED) is 0.811. The summed E-state index contributed by atoms with van der Waals surface area (Å²) in [6.07, 6.45) is 3.41. The zero-order chi connectivity index (χ0) is 17.7. The minimum Gasteiger partial charge on any atom is -0.384 e. The second-order valence-corrected chi connectivity index (χ2v) is 6.92. The van der Waals surface area contributed by atoms with Crippen LogP contribution in [0.5, 0.6) is 0 Å². The number of hydrogen-bond acceptors (Lipinski definition) is 4. The average molecular weight is 382 g/mol. The van der Waals surface area contributed by atoms with Crippen molar-refractivity contribution in [2.75, 3.05) is 44.8 Å². The van der Waals surface area contributed by atoms with Crippen molar-refractivity contribution in [2.45, 2.75) is 25.7 Å². The Hall–Kier alpha value is -1.63. The molecule has 0 aliphatic carbocycles. The van der Waals surface area contributed by atoms with Crippen molar-refractivity contribution in [1.82, 2.24) is 10.6 Å². The average Bonchev–Trinajstić information content (AvgIpc) is 2.66. The Morgan fingerprint density at radius 1 is 1.27 bits per heavy atom. The van der Waals surface area contributed by atoms with Crippen molar-refractivity contribution < 1.29 is 14.3 Å². The second kappa shape index (κ2) is 9.35. The van der Waals surface area contributed by atoms with E-state index in [4.69, 9.17) is 4.74 Å². The number of ether oxygens (including phenoxy) is 1. The van der Waals surface area contributed by atoms with Gasteiger partial charge in [0.05, 0.1) is 18.6 Å². The number of carbonyl (C=O) groups is 2. The molecule has 1 saturated heterocycles. The molecule has 2 amide bonds. The highest BCUT2D eigenvalue weighted by Crippen LogP contribution is 2.30. The van der Waals surface area contributed by atoms with Gasteiger partial charge in [0.15, 0.2) is 0 Å². The van der Waals surface area contributed by atoms with Gasteiger partial charge in [0, 0.05) is 19.3 Å².